The maximum absolute atomic E-state index is 13.8. The zero-order valence-corrected chi connectivity index (χ0v) is 10.9. The standard InChI is InChI=1S/C14H12ClF2NO/c1-8(18)9-2-4-14(12(17)6-9)19-13-5-3-10(16)7-11(13)15/h2-8H,18H2,1H3. The van der Waals surface area contributed by atoms with Crippen LogP contribution >= 0.6 is 11.6 Å². The van der Waals surface area contributed by atoms with Crippen LogP contribution in [0.2, 0.25) is 5.02 Å². The van der Waals surface area contributed by atoms with Crippen LogP contribution in [0, 0.1) is 11.6 Å². The molecule has 0 aliphatic rings. The molecule has 2 rings (SSSR count). The van der Waals surface area contributed by atoms with E-state index < -0.39 is 11.6 Å². The third-order valence-corrected chi connectivity index (χ3v) is 2.89. The second kappa shape index (κ2) is 5.55. The van der Waals surface area contributed by atoms with Crippen LogP contribution in [-0.2, 0) is 0 Å². The summed E-state index contributed by atoms with van der Waals surface area (Å²) in [6, 6.07) is 7.81. The zero-order valence-electron chi connectivity index (χ0n) is 10.2. The van der Waals surface area contributed by atoms with Crippen LogP contribution < -0.4 is 10.5 Å². The van der Waals surface area contributed by atoms with Crippen molar-refractivity contribution in [1.29, 1.82) is 0 Å². The van der Waals surface area contributed by atoms with Gasteiger partial charge in [-0.1, -0.05) is 17.7 Å². The van der Waals surface area contributed by atoms with E-state index in [9.17, 15) is 8.78 Å². The van der Waals surface area contributed by atoms with Gasteiger partial charge in [-0.25, -0.2) is 8.78 Å². The van der Waals surface area contributed by atoms with Gasteiger partial charge in [0.15, 0.2) is 11.6 Å². The maximum Gasteiger partial charge on any atom is 0.166 e. The summed E-state index contributed by atoms with van der Waals surface area (Å²) in [5, 5.41) is 0.0793. The molecule has 19 heavy (non-hydrogen) atoms. The Morgan fingerprint density at radius 1 is 1.11 bits per heavy atom. The molecular formula is C14H12ClF2NO. The van der Waals surface area contributed by atoms with Gasteiger partial charge in [-0.2, -0.15) is 0 Å². The van der Waals surface area contributed by atoms with Gasteiger partial charge in [-0.3, -0.25) is 0 Å². The van der Waals surface area contributed by atoms with Crippen LogP contribution in [0.25, 0.3) is 0 Å². The Morgan fingerprint density at radius 2 is 1.79 bits per heavy atom. The summed E-state index contributed by atoms with van der Waals surface area (Å²) in [6.07, 6.45) is 0. The minimum absolute atomic E-state index is 0.0120. The quantitative estimate of drug-likeness (QED) is 0.904. The predicted octanol–water partition coefficient (Wildman–Crippen LogP) is 4.43. The Bertz CT molecular complexity index is 602. The third-order valence-electron chi connectivity index (χ3n) is 2.60. The van der Waals surface area contributed by atoms with Gasteiger partial charge in [-0.15, -0.1) is 0 Å². The van der Waals surface area contributed by atoms with Crippen molar-refractivity contribution in [1.82, 2.24) is 0 Å². The summed E-state index contributed by atoms with van der Waals surface area (Å²) in [4.78, 5) is 0. The summed E-state index contributed by atoms with van der Waals surface area (Å²) >= 11 is 5.81. The molecular weight excluding hydrogens is 272 g/mol. The fraction of sp³-hybridized carbons (Fsp3) is 0.143. The highest BCUT2D eigenvalue weighted by Gasteiger charge is 2.10. The molecule has 2 aromatic carbocycles. The SMILES string of the molecule is CC(N)c1ccc(Oc2ccc(F)cc2Cl)c(F)c1. The van der Waals surface area contributed by atoms with E-state index in [4.69, 9.17) is 22.1 Å². The highest BCUT2D eigenvalue weighted by molar-refractivity contribution is 6.32. The van der Waals surface area contributed by atoms with Crippen LogP contribution in [0.5, 0.6) is 11.5 Å². The molecule has 1 atom stereocenters. The first-order valence-corrected chi connectivity index (χ1v) is 6.03. The first-order valence-electron chi connectivity index (χ1n) is 5.65. The number of hydrogen-bond acceptors (Lipinski definition) is 2. The lowest BCUT2D eigenvalue weighted by Gasteiger charge is -2.11. The lowest BCUT2D eigenvalue weighted by Crippen LogP contribution is -2.05. The molecule has 1 unspecified atom stereocenters. The van der Waals surface area contributed by atoms with Gasteiger partial charge >= 0.3 is 0 Å². The van der Waals surface area contributed by atoms with E-state index in [2.05, 4.69) is 0 Å². The summed E-state index contributed by atoms with van der Waals surface area (Å²) in [7, 11) is 0. The van der Waals surface area contributed by atoms with Gasteiger partial charge in [0.25, 0.3) is 0 Å². The lowest BCUT2D eigenvalue weighted by atomic mass is 10.1. The van der Waals surface area contributed by atoms with Crippen molar-refractivity contribution in [2.24, 2.45) is 5.73 Å². The molecule has 100 valence electrons. The van der Waals surface area contributed by atoms with Crippen molar-refractivity contribution in [3.63, 3.8) is 0 Å². The van der Waals surface area contributed by atoms with Crippen molar-refractivity contribution in [2.75, 3.05) is 0 Å². The van der Waals surface area contributed by atoms with Gasteiger partial charge in [0, 0.05) is 6.04 Å². The number of rotatable bonds is 3. The van der Waals surface area contributed by atoms with E-state index in [-0.39, 0.29) is 22.6 Å². The van der Waals surface area contributed by atoms with Gasteiger partial charge in [0.05, 0.1) is 5.02 Å². The predicted molar refractivity (Wildman–Crippen MR) is 70.5 cm³/mol. The molecule has 0 aromatic heterocycles. The normalized spacial score (nSPS) is 12.3. The summed E-state index contributed by atoms with van der Waals surface area (Å²) in [6.45, 7) is 1.76. The molecule has 0 saturated carbocycles. The Morgan fingerprint density at radius 3 is 2.37 bits per heavy atom. The van der Waals surface area contributed by atoms with Gasteiger partial charge in [-0.05, 0) is 42.8 Å². The van der Waals surface area contributed by atoms with E-state index in [1.807, 2.05) is 0 Å². The molecule has 2 N–H and O–H groups in total. The van der Waals surface area contributed by atoms with E-state index in [1.165, 1.54) is 24.3 Å². The first kappa shape index (κ1) is 13.8. The summed E-state index contributed by atoms with van der Waals surface area (Å²) in [5.41, 5.74) is 6.32. The van der Waals surface area contributed by atoms with Gasteiger partial charge in [0.1, 0.15) is 11.6 Å². The molecule has 0 radical (unpaired) electrons. The second-order valence-electron chi connectivity index (χ2n) is 4.16. The monoisotopic (exact) mass is 283 g/mol. The smallest absolute Gasteiger partial charge is 0.166 e. The molecule has 2 aromatic rings. The Kier molecular flexibility index (Phi) is 4.02. The maximum atomic E-state index is 13.8. The molecule has 0 saturated heterocycles. The molecule has 0 heterocycles. The van der Waals surface area contributed by atoms with Crippen molar-refractivity contribution in [3.8, 4) is 11.5 Å². The topological polar surface area (TPSA) is 35.2 Å². The van der Waals surface area contributed by atoms with Crippen LogP contribution in [-0.4, -0.2) is 0 Å². The average Bonchev–Trinajstić information content (AvgIpc) is 2.34. The Hall–Kier alpha value is -1.65. The van der Waals surface area contributed by atoms with E-state index >= 15 is 0 Å². The Labute approximate surface area is 114 Å². The van der Waals surface area contributed by atoms with Crippen molar-refractivity contribution in [3.05, 3.63) is 58.6 Å². The number of nitrogens with two attached hydrogens (primary N) is 1. The summed E-state index contributed by atoms with van der Waals surface area (Å²) < 4.78 is 32.0. The fourth-order valence-corrected chi connectivity index (χ4v) is 1.77. The van der Waals surface area contributed by atoms with Gasteiger partial charge < -0.3 is 10.5 Å². The molecule has 0 fully saturated rings. The molecule has 0 bridgehead atoms. The van der Waals surface area contributed by atoms with Crippen LogP contribution in [0.15, 0.2) is 36.4 Å². The third kappa shape index (κ3) is 3.22. The zero-order chi connectivity index (χ0) is 14.0. The highest BCUT2D eigenvalue weighted by atomic mass is 35.5. The molecule has 0 aliphatic carbocycles. The van der Waals surface area contributed by atoms with E-state index in [1.54, 1.807) is 13.0 Å². The van der Waals surface area contributed by atoms with E-state index in [0.717, 1.165) is 6.07 Å². The number of ether oxygens (including phenoxy) is 1. The lowest BCUT2D eigenvalue weighted by molar-refractivity contribution is 0.440. The fourth-order valence-electron chi connectivity index (χ4n) is 1.56. The van der Waals surface area contributed by atoms with Crippen LogP contribution in [0.4, 0.5) is 8.78 Å². The van der Waals surface area contributed by atoms with E-state index in [0.29, 0.717) is 5.56 Å². The minimum Gasteiger partial charge on any atom is -0.453 e. The number of halogens is 3. The van der Waals surface area contributed by atoms with Crippen LogP contribution in [0.1, 0.15) is 18.5 Å². The van der Waals surface area contributed by atoms with Crippen molar-refractivity contribution in [2.45, 2.75) is 13.0 Å². The molecule has 0 amide bonds. The number of hydrogen-bond donors (Lipinski definition) is 1. The summed E-state index contributed by atoms with van der Waals surface area (Å²) in [5.74, 6) is -0.825. The minimum atomic E-state index is -0.546. The largest absolute Gasteiger partial charge is 0.453 e. The second-order valence-corrected chi connectivity index (χ2v) is 4.56. The van der Waals surface area contributed by atoms with Crippen LogP contribution in [0.3, 0.4) is 0 Å². The molecule has 0 spiro atoms. The highest BCUT2D eigenvalue weighted by Crippen LogP contribution is 2.31. The molecule has 5 heteroatoms. The molecule has 0 aliphatic heterocycles. The van der Waals surface area contributed by atoms with Crippen molar-refractivity contribution < 1.29 is 13.5 Å². The average molecular weight is 284 g/mol. The number of benzene rings is 2. The Balaban J connectivity index is 2.28. The first-order chi connectivity index (χ1) is 8.97. The van der Waals surface area contributed by atoms with Crippen molar-refractivity contribution >= 4 is 11.6 Å². The van der Waals surface area contributed by atoms with Gasteiger partial charge in [0.2, 0.25) is 0 Å². The molecule has 2 nitrogen and oxygen atoms in total.